The number of carbonyl (C=O) groups excluding carboxylic acids is 1. The SMILES string of the molecule is C.COCCOCCOc1ccnc(C2=N[C@@](C)(C(=O)[O-])CS2)c1O. The van der Waals surface area contributed by atoms with E-state index in [2.05, 4.69) is 9.98 Å². The second-order valence-electron chi connectivity index (χ2n) is 5.23. The quantitative estimate of drug-likeness (QED) is 0.623. The van der Waals surface area contributed by atoms with Crippen LogP contribution in [0.15, 0.2) is 17.3 Å². The standard InChI is InChI=1S/C15H20N2O6S.CH4/c1-15(14(19)20)9-24-13(17-15)11-12(18)10(3-4-16-11)23-8-7-22-6-5-21-2;/h3-4,18H,5-9H2,1-2H3,(H,19,20);1H4/p-1/t15-;/m1./s1. The molecule has 0 radical (unpaired) electrons. The molecular weight excluding hydrogens is 348 g/mol. The molecule has 2 heterocycles. The number of carboxylic acids is 1. The van der Waals surface area contributed by atoms with Crippen LogP contribution in [0.25, 0.3) is 0 Å². The van der Waals surface area contributed by atoms with Crippen molar-refractivity contribution in [2.75, 3.05) is 39.3 Å². The number of aromatic hydroxyl groups is 1. The lowest BCUT2D eigenvalue weighted by Crippen LogP contribution is -2.45. The number of hydrogen-bond donors (Lipinski definition) is 1. The van der Waals surface area contributed by atoms with Crippen LogP contribution in [0.4, 0.5) is 0 Å². The van der Waals surface area contributed by atoms with Gasteiger partial charge in [0.05, 0.1) is 25.8 Å². The van der Waals surface area contributed by atoms with E-state index in [9.17, 15) is 15.0 Å². The largest absolute Gasteiger partial charge is 0.547 e. The summed E-state index contributed by atoms with van der Waals surface area (Å²) in [4.78, 5) is 19.3. The molecule has 0 fully saturated rings. The summed E-state index contributed by atoms with van der Waals surface area (Å²) in [5, 5.41) is 21.8. The molecule has 0 aliphatic carbocycles. The second-order valence-corrected chi connectivity index (χ2v) is 6.19. The van der Waals surface area contributed by atoms with E-state index in [-0.39, 0.29) is 37.0 Å². The number of nitrogens with zero attached hydrogens (tertiary/aromatic N) is 2. The van der Waals surface area contributed by atoms with Gasteiger partial charge in [-0.1, -0.05) is 7.43 Å². The van der Waals surface area contributed by atoms with Gasteiger partial charge in [0.15, 0.2) is 11.5 Å². The predicted octanol–water partition coefficient (Wildman–Crippen LogP) is 0.467. The fraction of sp³-hybridized carbons (Fsp3) is 0.562. The minimum Gasteiger partial charge on any atom is -0.547 e. The minimum absolute atomic E-state index is 0. The number of carbonyl (C=O) groups is 1. The summed E-state index contributed by atoms with van der Waals surface area (Å²) in [5.41, 5.74) is -1.12. The summed E-state index contributed by atoms with van der Waals surface area (Å²) >= 11 is 1.20. The topological polar surface area (TPSA) is 113 Å². The van der Waals surface area contributed by atoms with Crippen molar-refractivity contribution in [1.82, 2.24) is 4.98 Å². The van der Waals surface area contributed by atoms with Crippen molar-refractivity contribution in [3.05, 3.63) is 18.0 Å². The van der Waals surface area contributed by atoms with Crippen LogP contribution in [0, 0.1) is 0 Å². The smallest absolute Gasteiger partial charge is 0.186 e. The van der Waals surface area contributed by atoms with Gasteiger partial charge in [-0.2, -0.15) is 0 Å². The number of methoxy groups -OCH3 is 1. The fourth-order valence-electron chi connectivity index (χ4n) is 1.89. The summed E-state index contributed by atoms with van der Waals surface area (Å²) in [7, 11) is 1.59. The van der Waals surface area contributed by atoms with Gasteiger partial charge in [0, 0.05) is 25.1 Å². The molecule has 140 valence electrons. The lowest BCUT2D eigenvalue weighted by atomic mass is 10.1. The molecule has 9 heteroatoms. The Bertz CT molecular complexity index is 625. The predicted molar refractivity (Wildman–Crippen MR) is 93.2 cm³/mol. The van der Waals surface area contributed by atoms with Crippen molar-refractivity contribution in [2.24, 2.45) is 4.99 Å². The molecule has 1 aliphatic rings. The highest BCUT2D eigenvalue weighted by atomic mass is 32.2. The molecule has 8 nitrogen and oxygen atoms in total. The number of aliphatic imine (C=N–C) groups is 1. The summed E-state index contributed by atoms with van der Waals surface area (Å²) in [6.07, 6.45) is 1.47. The van der Waals surface area contributed by atoms with E-state index in [1.165, 1.54) is 30.9 Å². The molecule has 1 atom stereocenters. The van der Waals surface area contributed by atoms with E-state index in [4.69, 9.17) is 14.2 Å². The van der Waals surface area contributed by atoms with Gasteiger partial charge in [-0.25, -0.2) is 4.98 Å². The van der Waals surface area contributed by atoms with Gasteiger partial charge in [-0.15, -0.1) is 11.8 Å². The first-order valence-corrected chi connectivity index (χ1v) is 8.28. The molecule has 0 amide bonds. The number of aromatic nitrogens is 1. The maximum absolute atomic E-state index is 11.1. The molecule has 2 rings (SSSR count). The molecule has 0 aromatic carbocycles. The van der Waals surface area contributed by atoms with Crippen LogP contribution in [0.1, 0.15) is 20.0 Å². The molecule has 1 aromatic rings. The third kappa shape index (κ3) is 5.32. The molecule has 0 unspecified atom stereocenters. The maximum Gasteiger partial charge on any atom is 0.186 e. The Balaban J connectivity index is 0.00000312. The zero-order valence-electron chi connectivity index (χ0n) is 13.5. The van der Waals surface area contributed by atoms with Crippen LogP contribution >= 0.6 is 11.8 Å². The number of thioether (sulfide) groups is 1. The molecule has 0 spiro atoms. The van der Waals surface area contributed by atoms with Crippen LogP contribution in [-0.4, -0.2) is 65.9 Å². The Kier molecular flexibility index (Phi) is 8.14. The summed E-state index contributed by atoms with van der Waals surface area (Å²) in [6.45, 7) is 3.02. The first-order chi connectivity index (χ1) is 11.5. The maximum atomic E-state index is 11.1. The van der Waals surface area contributed by atoms with Gasteiger partial charge in [0.25, 0.3) is 0 Å². The van der Waals surface area contributed by atoms with Gasteiger partial charge >= 0.3 is 0 Å². The van der Waals surface area contributed by atoms with Gasteiger partial charge in [0.2, 0.25) is 0 Å². The van der Waals surface area contributed by atoms with Crippen LogP contribution < -0.4 is 9.84 Å². The number of pyridine rings is 1. The number of aliphatic carboxylic acids is 1. The van der Waals surface area contributed by atoms with Gasteiger partial charge in [-0.05, 0) is 6.92 Å². The van der Waals surface area contributed by atoms with Crippen LogP contribution in [0.3, 0.4) is 0 Å². The van der Waals surface area contributed by atoms with Crippen molar-refractivity contribution in [1.29, 1.82) is 0 Å². The van der Waals surface area contributed by atoms with E-state index < -0.39 is 11.5 Å². The number of rotatable bonds is 9. The number of carboxylic acid groups (broad SMARTS) is 1. The van der Waals surface area contributed by atoms with E-state index in [0.29, 0.717) is 24.9 Å². The van der Waals surface area contributed by atoms with Crippen LogP contribution in [-0.2, 0) is 14.3 Å². The van der Waals surface area contributed by atoms with Gasteiger partial charge in [-0.3, -0.25) is 4.99 Å². The Morgan fingerprint density at radius 3 is 2.76 bits per heavy atom. The van der Waals surface area contributed by atoms with E-state index in [1.807, 2.05) is 0 Å². The summed E-state index contributed by atoms with van der Waals surface area (Å²) in [6, 6.07) is 1.52. The van der Waals surface area contributed by atoms with Crippen LogP contribution in [0.5, 0.6) is 11.5 Å². The Labute approximate surface area is 151 Å². The second kappa shape index (κ2) is 9.59. The number of ether oxygens (including phenoxy) is 3. The lowest BCUT2D eigenvalue weighted by molar-refractivity contribution is -0.311. The van der Waals surface area contributed by atoms with Crippen molar-refractivity contribution < 1.29 is 29.2 Å². The highest BCUT2D eigenvalue weighted by Gasteiger charge is 2.34. The van der Waals surface area contributed by atoms with Crippen LogP contribution in [0.2, 0.25) is 0 Å². The Morgan fingerprint density at radius 2 is 2.12 bits per heavy atom. The van der Waals surface area contributed by atoms with Crippen molar-refractivity contribution >= 4 is 22.8 Å². The Hall–Kier alpha value is -1.84. The first kappa shape index (κ1) is 21.2. The normalized spacial score (nSPS) is 19.2. The van der Waals surface area contributed by atoms with E-state index in [0.717, 1.165) is 0 Å². The molecule has 0 bridgehead atoms. The van der Waals surface area contributed by atoms with Gasteiger partial charge < -0.3 is 29.2 Å². The molecule has 1 N–H and O–H groups in total. The highest BCUT2D eigenvalue weighted by molar-refractivity contribution is 8.14. The minimum atomic E-state index is -1.32. The van der Waals surface area contributed by atoms with Crippen molar-refractivity contribution in [3.63, 3.8) is 0 Å². The average molecular weight is 371 g/mol. The monoisotopic (exact) mass is 371 g/mol. The van der Waals surface area contributed by atoms with Crippen molar-refractivity contribution in [2.45, 2.75) is 19.9 Å². The van der Waals surface area contributed by atoms with Crippen molar-refractivity contribution in [3.8, 4) is 11.5 Å². The van der Waals surface area contributed by atoms with E-state index >= 15 is 0 Å². The molecule has 0 saturated carbocycles. The average Bonchev–Trinajstić information content (AvgIpc) is 2.96. The van der Waals surface area contributed by atoms with Gasteiger partial charge in [0.1, 0.15) is 22.9 Å². The lowest BCUT2D eigenvalue weighted by Gasteiger charge is -2.19. The Morgan fingerprint density at radius 1 is 1.40 bits per heavy atom. The molecule has 1 aromatic heterocycles. The highest BCUT2D eigenvalue weighted by Crippen LogP contribution is 2.36. The molecule has 1 aliphatic heterocycles. The third-order valence-corrected chi connectivity index (χ3v) is 4.55. The molecule has 25 heavy (non-hydrogen) atoms. The number of hydrogen-bond acceptors (Lipinski definition) is 9. The fourth-order valence-corrected chi connectivity index (χ4v) is 3.04. The summed E-state index contributed by atoms with van der Waals surface area (Å²) < 4.78 is 15.6. The first-order valence-electron chi connectivity index (χ1n) is 7.30. The summed E-state index contributed by atoms with van der Waals surface area (Å²) in [5.74, 6) is -0.974. The molecular formula is C16H23N2O6S-. The third-order valence-electron chi connectivity index (χ3n) is 3.28. The zero-order valence-corrected chi connectivity index (χ0v) is 14.3. The zero-order chi connectivity index (χ0) is 17.6. The van der Waals surface area contributed by atoms with E-state index in [1.54, 1.807) is 7.11 Å². The molecule has 0 saturated heterocycles.